The molecular weight excluding hydrogens is 335 g/mol. The molecule has 7 heteroatoms. The summed E-state index contributed by atoms with van der Waals surface area (Å²) in [6.07, 6.45) is 0. The van der Waals surface area contributed by atoms with E-state index in [1.165, 1.54) is 18.2 Å². The van der Waals surface area contributed by atoms with Gasteiger partial charge in [-0.05, 0) is 43.3 Å². The number of nitrogens with zero attached hydrogens (tertiary/aromatic N) is 2. The normalized spacial score (nSPS) is 10.3. The summed E-state index contributed by atoms with van der Waals surface area (Å²) in [6, 6.07) is 14.5. The molecule has 0 fully saturated rings. The molecule has 3 rings (SSSR count). The topological polar surface area (TPSA) is 76.1 Å². The SMILES string of the molecule is COc1cccc(Nc2nc(C)cc(C(=O)Nc3cccc(F)c3)n2)c1. The number of methoxy groups -OCH3 is 1. The lowest BCUT2D eigenvalue weighted by molar-refractivity contribution is 0.102. The Morgan fingerprint density at radius 3 is 2.58 bits per heavy atom. The average Bonchev–Trinajstić information content (AvgIpc) is 2.61. The molecule has 0 aliphatic carbocycles. The van der Waals surface area contributed by atoms with Crippen molar-refractivity contribution in [2.24, 2.45) is 0 Å². The fourth-order valence-electron chi connectivity index (χ4n) is 2.33. The third kappa shape index (κ3) is 4.32. The van der Waals surface area contributed by atoms with Crippen LogP contribution in [0, 0.1) is 12.7 Å². The number of aromatic nitrogens is 2. The second-order valence-electron chi connectivity index (χ2n) is 5.54. The second kappa shape index (κ2) is 7.60. The van der Waals surface area contributed by atoms with E-state index in [4.69, 9.17) is 4.74 Å². The fraction of sp³-hybridized carbons (Fsp3) is 0.105. The number of carbonyl (C=O) groups is 1. The van der Waals surface area contributed by atoms with Crippen LogP contribution in [0.1, 0.15) is 16.2 Å². The van der Waals surface area contributed by atoms with Crippen LogP contribution in [-0.2, 0) is 0 Å². The molecule has 3 aromatic rings. The Balaban J connectivity index is 1.81. The van der Waals surface area contributed by atoms with E-state index in [0.29, 0.717) is 17.1 Å². The van der Waals surface area contributed by atoms with Crippen LogP contribution in [0.5, 0.6) is 5.75 Å². The first-order valence-corrected chi connectivity index (χ1v) is 7.87. The molecule has 0 saturated carbocycles. The van der Waals surface area contributed by atoms with Crippen LogP contribution in [-0.4, -0.2) is 23.0 Å². The molecule has 1 aromatic heterocycles. The molecule has 0 spiro atoms. The van der Waals surface area contributed by atoms with Crippen molar-refractivity contribution in [2.45, 2.75) is 6.92 Å². The zero-order valence-electron chi connectivity index (χ0n) is 14.3. The van der Waals surface area contributed by atoms with E-state index in [-0.39, 0.29) is 11.6 Å². The summed E-state index contributed by atoms with van der Waals surface area (Å²) in [5.74, 6) is 0.0891. The third-order valence-electron chi connectivity index (χ3n) is 3.50. The lowest BCUT2D eigenvalue weighted by Crippen LogP contribution is -2.15. The minimum absolute atomic E-state index is 0.173. The van der Waals surface area contributed by atoms with Crippen molar-refractivity contribution in [1.29, 1.82) is 0 Å². The van der Waals surface area contributed by atoms with E-state index in [1.54, 1.807) is 32.2 Å². The summed E-state index contributed by atoms with van der Waals surface area (Å²) in [5.41, 5.74) is 1.88. The van der Waals surface area contributed by atoms with Gasteiger partial charge in [-0.1, -0.05) is 12.1 Å². The van der Waals surface area contributed by atoms with Gasteiger partial charge in [-0.2, -0.15) is 0 Å². The molecule has 0 atom stereocenters. The van der Waals surface area contributed by atoms with Gasteiger partial charge >= 0.3 is 0 Å². The Morgan fingerprint density at radius 2 is 1.81 bits per heavy atom. The number of nitrogens with one attached hydrogen (secondary N) is 2. The summed E-state index contributed by atoms with van der Waals surface area (Å²) in [7, 11) is 1.58. The van der Waals surface area contributed by atoms with Crippen LogP contribution in [0.4, 0.5) is 21.7 Å². The van der Waals surface area contributed by atoms with Gasteiger partial charge in [-0.15, -0.1) is 0 Å². The van der Waals surface area contributed by atoms with Crippen LogP contribution in [0.3, 0.4) is 0 Å². The monoisotopic (exact) mass is 352 g/mol. The first-order valence-electron chi connectivity index (χ1n) is 7.87. The van der Waals surface area contributed by atoms with Gasteiger partial charge in [0.2, 0.25) is 5.95 Å². The maximum absolute atomic E-state index is 13.3. The van der Waals surface area contributed by atoms with Gasteiger partial charge in [0.05, 0.1) is 7.11 Å². The smallest absolute Gasteiger partial charge is 0.274 e. The molecule has 0 radical (unpaired) electrons. The Kier molecular flexibility index (Phi) is 5.07. The maximum atomic E-state index is 13.3. The highest BCUT2D eigenvalue weighted by molar-refractivity contribution is 6.03. The zero-order chi connectivity index (χ0) is 18.5. The minimum atomic E-state index is -0.449. The number of anilines is 3. The number of hydrogen-bond acceptors (Lipinski definition) is 5. The average molecular weight is 352 g/mol. The molecule has 0 aliphatic rings. The highest BCUT2D eigenvalue weighted by atomic mass is 19.1. The van der Waals surface area contributed by atoms with E-state index in [2.05, 4.69) is 20.6 Å². The molecule has 0 aliphatic heterocycles. The quantitative estimate of drug-likeness (QED) is 0.728. The lowest BCUT2D eigenvalue weighted by Gasteiger charge is -2.10. The van der Waals surface area contributed by atoms with Gasteiger partial charge in [-0.3, -0.25) is 4.79 Å². The van der Waals surface area contributed by atoms with Crippen molar-refractivity contribution in [2.75, 3.05) is 17.7 Å². The van der Waals surface area contributed by atoms with Crippen LogP contribution < -0.4 is 15.4 Å². The molecule has 2 N–H and O–H groups in total. The first-order chi connectivity index (χ1) is 12.5. The number of amides is 1. The summed E-state index contributed by atoms with van der Waals surface area (Å²) in [5, 5.41) is 5.66. The van der Waals surface area contributed by atoms with E-state index < -0.39 is 11.7 Å². The van der Waals surface area contributed by atoms with Crippen LogP contribution in [0.25, 0.3) is 0 Å². The molecule has 0 bridgehead atoms. The highest BCUT2D eigenvalue weighted by Crippen LogP contribution is 2.20. The standard InChI is InChI=1S/C19H17FN4O2/c1-12-9-17(18(25)22-14-6-3-5-13(20)10-14)24-19(21-12)23-15-7-4-8-16(11-15)26-2/h3-11H,1-2H3,(H,22,25)(H,21,23,24). The molecule has 132 valence electrons. The molecule has 1 amide bonds. The predicted molar refractivity (Wildman–Crippen MR) is 97.4 cm³/mol. The van der Waals surface area contributed by atoms with Crippen molar-refractivity contribution in [3.05, 3.63) is 71.8 Å². The fourth-order valence-corrected chi connectivity index (χ4v) is 2.33. The Hall–Kier alpha value is -3.48. The van der Waals surface area contributed by atoms with E-state index in [1.807, 2.05) is 18.2 Å². The van der Waals surface area contributed by atoms with Crippen LogP contribution in [0.2, 0.25) is 0 Å². The minimum Gasteiger partial charge on any atom is -0.497 e. The Bertz CT molecular complexity index is 946. The molecule has 0 unspecified atom stereocenters. The molecule has 0 saturated heterocycles. The Morgan fingerprint density at radius 1 is 1.04 bits per heavy atom. The number of hydrogen-bond donors (Lipinski definition) is 2. The number of ether oxygens (including phenoxy) is 1. The summed E-state index contributed by atoms with van der Waals surface area (Å²) >= 11 is 0. The van der Waals surface area contributed by atoms with Crippen molar-refractivity contribution in [1.82, 2.24) is 9.97 Å². The number of rotatable bonds is 5. The van der Waals surface area contributed by atoms with E-state index in [9.17, 15) is 9.18 Å². The predicted octanol–water partition coefficient (Wildman–Crippen LogP) is 3.93. The van der Waals surface area contributed by atoms with Crippen molar-refractivity contribution in [3.63, 3.8) is 0 Å². The van der Waals surface area contributed by atoms with Gasteiger partial charge in [0.15, 0.2) is 0 Å². The number of aryl methyl sites for hydroxylation is 1. The van der Waals surface area contributed by atoms with Crippen LogP contribution in [0.15, 0.2) is 54.6 Å². The van der Waals surface area contributed by atoms with Gasteiger partial charge in [0, 0.05) is 23.1 Å². The summed E-state index contributed by atoms with van der Waals surface area (Å²) < 4.78 is 18.4. The number of carbonyl (C=O) groups excluding carboxylic acids is 1. The van der Waals surface area contributed by atoms with Gasteiger partial charge in [-0.25, -0.2) is 14.4 Å². The molecule has 26 heavy (non-hydrogen) atoms. The lowest BCUT2D eigenvalue weighted by atomic mass is 10.2. The van der Waals surface area contributed by atoms with Crippen molar-refractivity contribution in [3.8, 4) is 5.75 Å². The third-order valence-corrected chi connectivity index (χ3v) is 3.50. The number of benzene rings is 2. The van der Waals surface area contributed by atoms with E-state index >= 15 is 0 Å². The van der Waals surface area contributed by atoms with Crippen LogP contribution >= 0.6 is 0 Å². The Labute approximate surface area is 150 Å². The van der Waals surface area contributed by atoms with Gasteiger partial charge < -0.3 is 15.4 Å². The largest absolute Gasteiger partial charge is 0.497 e. The highest BCUT2D eigenvalue weighted by Gasteiger charge is 2.12. The molecule has 2 aromatic carbocycles. The molecule has 1 heterocycles. The molecule has 6 nitrogen and oxygen atoms in total. The maximum Gasteiger partial charge on any atom is 0.274 e. The number of halogens is 1. The molecular formula is C19H17FN4O2. The van der Waals surface area contributed by atoms with Gasteiger partial charge in [0.1, 0.15) is 17.3 Å². The van der Waals surface area contributed by atoms with Gasteiger partial charge in [0.25, 0.3) is 5.91 Å². The zero-order valence-corrected chi connectivity index (χ0v) is 14.3. The van der Waals surface area contributed by atoms with Crippen molar-refractivity contribution >= 4 is 23.2 Å². The first kappa shape index (κ1) is 17.3. The second-order valence-corrected chi connectivity index (χ2v) is 5.54. The van der Waals surface area contributed by atoms with Crippen molar-refractivity contribution < 1.29 is 13.9 Å². The summed E-state index contributed by atoms with van der Waals surface area (Å²) in [4.78, 5) is 20.9. The van der Waals surface area contributed by atoms with E-state index in [0.717, 1.165) is 5.69 Å². The summed E-state index contributed by atoms with van der Waals surface area (Å²) in [6.45, 7) is 1.76.